The van der Waals surface area contributed by atoms with Crippen molar-refractivity contribution in [1.82, 2.24) is 9.62 Å². The second-order valence-electron chi connectivity index (χ2n) is 7.71. The summed E-state index contributed by atoms with van der Waals surface area (Å²) < 4.78 is 27.8. The molecule has 3 N–H and O–H groups in total. The first-order valence-electron chi connectivity index (χ1n) is 8.60. The molecule has 1 saturated heterocycles. The van der Waals surface area contributed by atoms with E-state index in [0.717, 1.165) is 5.56 Å². The SMILES string of the molecule is Cc1cc(C)c(S(=O)(=O)N2CCCC2C(=O)NCC(C)(C)N)c(C)c1. The quantitative estimate of drug-likeness (QED) is 0.827. The van der Waals surface area contributed by atoms with Crippen molar-refractivity contribution in [3.63, 3.8) is 0 Å². The number of nitrogens with two attached hydrogens (primary N) is 1. The van der Waals surface area contributed by atoms with Crippen LogP contribution in [-0.2, 0) is 14.8 Å². The summed E-state index contributed by atoms with van der Waals surface area (Å²) in [4.78, 5) is 12.8. The molecule has 1 amide bonds. The van der Waals surface area contributed by atoms with Crippen LogP contribution in [0.5, 0.6) is 0 Å². The van der Waals surface area contributed by atoms with Crippen LogP contribution in [0.25, 0.3) is 0 Å². The smallest absolute Gasteiger partial charge is 0.244 e. The van der Waals surface area contributed by atoms with Gasteiger partial charge in [-0.2, -0.15) is 4.31 Å². The van der Waals surface area contributed by atoms with Crippen molar-refractivity contribution in [2.24, 2.45) is 5.73 Å². The minimum Gasteiger partial charge on any atom is -0.353 e. The number of carbonyl (C=O) groups is 1. The first-order chi connectivity index (χ1) is 11.4. The normalized spacial score (nSPS) is 19.2. The van der Waals surface area contributed by atoms with Crippen molar-refractivity contribution in [1.29, 1.82) is 0 Å². The monoisotopic (exact) mass is 367 g/mol. The summed E-state index contributed by atoms with van der Waals surface area (Å²) in [6.45, 7) is 9.84. The van der Waals surface area contributed by atoms with Crippen LogP contribution >= 0.6 is 0 Å². The largest absolute Gasteiger partial charge is 0.353 e. The Labute approximate surface area is 150 Å². The first kappa shape index (κ1) is 19.9. The zero-order valence-corrected chi connectivity index (χ0v) is 16.5. The predicted molar refractivity (Wildman–Crippen MR) is 98.8 cm³/mol. The highest BCUT2D eigenvalue weighted by molar-refractivity contribution is 7.89. The Hall–Kier alpha value is -1.44. The summed E-state index contributed by atoms with van der Waals surface area (Å²) in [5.74, 6) is -0.276. The van der Waals surface area contributed by atoms with E-state index in [4.69, 9.17) is 5.73 Å². The van der Waals surface area contributed by atoms with Gasteiger partial charge in [-0.15, -0.1) is 0 Å². The molecule has 0 radical (unpaired) electrons. The van der Waals surface area contributed by atoms with Gasteiger partial charge < -0.3 is 11.1 Å². The lowest BCUT2D eigenvalue weighted by Crippen LogP contribution is -2.51. The summed E-state index contributed by atoms with van der Waals surface area (Å²) in [5, 5.41) is 2.79. The number of carbonyl (C=O) groups excluding carboxylic acids is 1. The van der Waals surface area contributed by atoms with Crippen LogP contribution in [0.15, 0.2) is 17.0 Å². The fourth-order valence-electron chi connectivity index (χ4n) is 3.41. The van der Waals surface area contributed by atoms with Crippen molar-refractivity contribution in [3.05, 3.63) is 28.8 Å². The molecule has 1 aromatic rings. The molecule has 1 heterocycles. The summed E-state index contributed by atoms with van der Waals surface area (Å²) in [5.41, 5.74) is 7.81. The second-order valence-corrected chi connectivity index (χ2v) is 9.54. The van der Waals surface area contributed by atoms with E-state index in [-0.39, 0.29) is 5.91 Å². The van der Waals surface area contributed by atoms with Crippen molar-refractivity contribution >= 4 is 15.9 Å². The Morgan fingerprint density at radius 3 is 2.36 bits per heavy atom. The van der Waals surface area contributed by atoms with Gasteiger partial charge in [0.2, 0.25) is 15.9 Å². The van der Waals surface area contributed by atoms with Crippen LogP contribution in [0.1, 0.15) is 43.4 Å². The summed E-state index contributed by atoms with van der Waals surface area (Å²) in [7, 11) is -3.72. The van der Waals surface area contributed by atoms with Gasteiger partial charge in [0.25, 0.3) is 0 Å². The van der Waals surface area contributed by atoms with Crippen LogP contribution in [0.3, 0.4) is 0 Å². The average molecular weight is 368 g/mol. The summed E-state index contributed by atoms with van der Waals surface area (Å²) in [6.07, 6.45) is 1.20. The Balaban J connectivity index is 2.31. The number of amides is 1. The lowest BCUT2D eigenvalue weighted by atomic mass is 10.1. The van der Waals surface area contributed by atoms with E-state index >= 15 is 0 Å². The standard InChI is InChI=1S/C18H29N3O3S/c1-12-9-13(2)16(14(3)10-12)25(23,24)21-8-6-7-15(21)17(22)20-11-18(4,5)19/h9-10,15H,6-8,11,19H2,1-5H3,(H,20,22). The molecule has 6 nitrogen and oxygen atoms in total. The van der Waals surface area contributed by atoms with Gasteiger partial charge >= 0.3 is 0 Å². The maximum Gasteiger partial charge on any atom is 0.244 e. The molecule has 2 rings (SSSR count). The van der Waals surface area contributed by atoms with Gasteiger partial charge in [-0.25, -0.2) is 8.42 Å². The van der Waals surface area contributed by atoms with E-state index in [0.29, 0.717) is 42.0 Å². The number of nitrogens with one attached hydrogen (secondary N) is 1. The number of rotatable bonds is 5. The second kappa shape index (κ2) is 7.05. The minimum absolute atomic E-state index is 0.276. The number of benzene rings is 1. The molecular formula is C18H29N3O3S. The van der Waals surface area contributed by atoms with E-state index in [1.165, 1.54) is 4.31 Å². The predicted octanol–water partition coefficient (Wildman–Crippen LogP) is 1.62. The molecule has 0 aromatic heterocycles. The Bertz CT molecular complexity index is 743. The maximum absolute atomic E-state index is 13.2. The fraction of sp³-hybridized carbons (Fsp3) is 0.611. The van der Waals surface area contributed by atoms with Crippen molar-refractivity contribution in [3.8, 4) is 0 Å². The molecular weight excluding hydrogens is 338 g/mol. The Kier molecular flexibility index (Phi) is 5.61. The van der Waals surface area contributed by atoms with Crippen LogP contribution in [0.4, 0.5) is 0 Å². The van der Waals surface area contributed by atoms with Gasteiger partial charge in [0, 0.05) is 18.6 Å². The van der Waals surface area contributed by atoms with Crippen LogP contribution in [0.2, 0.25) is 0 Å². The van der Waals surface area contributed by atoms with Gasteiger partial charge in [-0.3, -0.25) is 4.79 Å². The van der Waals surface area contributed by atoms with Crippen molar-refractivity contribution < 1.29 is 13.2 Å². The topological polar surface area (TPSA) is 92.5 Å². The van der Waals surface area contributed by atoms with Crippen LogP contribution in [-0.4, -0.2) is 43.3 Å². The fourth-order valence-corrected chi connectivity index (χ4v) is 5.49. The van der Waals surface area contributed by atoms with Crippen molar-refractivity contribution in [2.45, 2.75) is 63.9 Å². The van der Waals surface area contributed by atoms with Gasteiger partial charge in [-0.1, -0.05) is 17.7 Å². The highest BCUT2D eigenvalue weighted by Crippen LogP contribution is 2.30. The molecule has 7 heteroatoms. The van der Waals surface area contributed by atoms with E-state index < -0.39 is 21.6 Å². The summed E-state index contributed by atoms with van der Waals surface area (Å²) in [6, 6.07) is 3.05. The maximum atomic E-state index is 13.2. The first-order valence-corrected chi connectivity index (χ1v) is 10.0. The van der Waals surface area contributed by atoms with Gasteiger partial charge in [0.05, 0.1) is 4.90 Å². The van der Waals surface area contributed by atoms with Crippen LogP contribution < -0.4 is 11.1 Å². The Morgan fingerprint density at radius 2 is 1.84 bits per heavy atom. The number of aryl methyl sites for hydroxylation is 3. The molecule has 0 aliphatic carbocycles. The molecule has 1 fully saturated rings. The lowest BCUT2D eigenvalue weighted by Gasteiger charge is -2.27. The highest BCUT2D eigenvalue weighted by atomic mass is 32.2. The van der Waals surface area contributed by atoms with Crippen LogP contribution in [0, 0.1) is 20.8 Å². The van der Waals surface area contributed by atoms with E-state index in [9.17, 15) is 13.2 Å². The van der Waals surface area contributed by atoms with Gasteiger partial charge in [0.15, 0.2) is 0 Å². The third kappa shape index (κ3) is 4.40. The van der Waals surface area contributed by atoms with Gasteiger partial charge in [-0.05, 0) is 58.6 Å². The highest BCUT2D eigenvalue weighted by Gasteiger charge is 2.40. The molecule has 0 bridgehead atoms. The third-order valence-electron chi connectivity index (χ3n) is 4.40. The zero-order chi connectivity index (χ0) is 19.0. The molecule has 140 valence electrons. The molecule has 0 saturated carbocycles. The Morgan fingerprint density at radius 1 is 1.28 bits per heavy atom. The summed E-state index contributed by atoms with van der Waals surface area (Å²) >= 11 is 0. The number of nitrogens with zero attached hydrogens (tertiary/aromatic N) is 1. The van der Waals surface area contributed by atoms with E-state index in [1.54, 1.807) is 13.8 Å². The van der Waals surface area contributed by atoms with Crippen molar-refractivity contribution in [2.75, 3.05) is 13.1 Å². The molecule has 0 spiro atoms. The van der Waals surface area contributed by atoms with E-state index in [2.05, 4.69) is 5.32 Å². The number of hydrogen-bond acceptors (Lipinski definition) is 4. The third-order valence-corrected chi connectivity index (χ3v) is 6.61. The molecule has 1 aromatic carbocycles. The van der Waals surface area contributed by atoms with E-state index in [1.807, 2.05) is 32.9 Å². The number of sulfonamides is 1. The molecule has 1 aliphatic rings. The van der Waals surface area contributed by atoms with Gasteiger partial charge in [0.1, 0.15) is 6.04 Å². The zero-order valence-electron chi connectivity index (χ0n) is 15.7. The molecule has 1 aliphatic heterocycles. The molecule has 25 heavy (non-hydrogen) atoms. The lowest BCUT2D eigenvalue weighted by molar-refractivity contribution is -0.124. The minimum atomic E-state index is -3.72. The number of hydrogen-bond donors (Lipinski definition) is 2. The average Bonchev–Trinajstić information content (AvgIpc) is 2.92. The molecule has 1 atom stereocenters. The molecule has 1 unspecified atom stereocenters.